The van der Waals surface area contributed by atoms with E-state index < -0.39 is 17.8 Å². The van der Waals surface area contributed by atoms with Crippen molar-refractivity contribution in [1.82, 2.24) is 0 Å². The highest BCUT2D eigenvalue weighted by Crippen LogP contribution is 2.28. The van der Waals surface area contributed by atoms with Crippen LogP contribution in [0.4, 0.5) is 5.69 Å². The number of ether oxygens (including phenoxy) is 2. The van der Waals surface area contributed by atoms with Gasteiger partial charge in [0.1, 0.15) is 5.70 Å². The van der Waals surface area contributed by atoms with Crippen LogP contribution in [0.1, 0.15) is 10.4 Å². The molecule has 0 saturated carbocycles. The molecule has 7 heteroatoms. The lowest BCUT2D eigenvalue weighted by molar-refractivity contribution is -0.139. The molecule has 0 aromatic heterocycles. The van der Waals surface area contributed by atoms with E-state index in [2.05, 4.69) is 0 Å². The number of para-hydroxylation sites is 1. The number of hydrogen-bond donors (Lipinski definition) is 1. The second-order valence-electron chi connectivity index (χ2n) is 4.70. The molecule has 1 aromatic carbocycles. The predicted octanol–water partition coefficient (Wildman–Crippen LogP) is 1.28. The van der Waals surface area contributed by atoms with Gasteiger partial charge in [0.15, 0.2) is 0 Å². The average Bonchev–Trinajstić information content (AvgIpc) is 2.83. The lowest BCUT2D eigenvalue weighted by atomic mass is 10.1. The Bertz CT molecular complexity index is 777. The van der Waals surface area contributed by atoms with Crippen molar-refractivity contribution in [3.63, 3.8) is 0 Å². The van der Waals surface area contributed by atoms with Crippen LogP contribution in [0.15, 0.2) is 60.0 Å². The SMILES string of the molecule is COC(=O)C1=C(C(=O)OC)N(c2ccccc2C(N)=O)C=CC=C1. The van der Waals surface area contributed by atoms with Gasteiger partial charge >= 0.3 is 11.9 Å². The Balaban J connectivity index is 2.73. The number of methoxy groups -OCH3 is 2. The summed E-state index contributed by atoms with van der Waals surface area (Å²) < 4.78 is 9.52. The number of amides is 1. The van der Waals surface area contributed by atoms with E-state index in [1.165, 1.54) is 37.5 Å². The molecule has 1 amide bonds. The highest BCUT2D eigenvalue weighted by atomic mass is 16.5. The number of rotatable bonds is 4. The molecular weight excluding hydrogens is 312 g/mol. The maximum Gasteiger partial charge on any atom is 0.355 e. The van der Waals surface area contributed by atoms with Crippen LogP contribution < -0.4 is 10.6 Å². The molecule has 0 atom stereocenters. The summed E-state index contributed by atoms with van der Waals surface area (Å²) in [5.41, 5.74) is 5.85. The van der Waals surface area contributed by atoms with Gasteiger partial charge in [0.05, 0.1) is 31.0 Å². The van der Waals surface area contributed by atoms with Crippen LogP contribution >= 0.6 is 0 Å². The number of hydrogen-bond acceptors (Lipinski definition) is 6. The molecule has 0 saturated heterocycles. The van der Waals surface area contributed by atoms with Gasteiger partial charge in [-0.2, -0.15) is 0 Å². The Hall–Kier alpha value is -3.35. The molecule has 24 heavy (non-hydrogen) atoms. The molecule has 0 bridgehead atoms. The summed E-state index contributed by atoms with van der Waals surface area (Å²) in [4.78, 5) is 37.4. The second kappa shape index (κ2) is 7.28. The normalized spacial score (nSPS) is 13.5. The van der Waals surface area contributed by atoms with Gasteiger partial charge in [0.2, 0.25) is 0 Å². The van der Waals surface area contributed by atoms with Crippen LogP contribution in [-0.2, 0) is 19.1 Å². The molecule has 2 N–H and O–H groups in total. The number of allylic oxidation sites excluding steroid dienone is 2. The van der Waals surface area contributed by atoms with Gasteiger partial charge in [-0.05, 0) is 24.3 Å². The number of carbonyl (C=O) groups excluding carboxylic acids is 3. The Morgan fingerprint density at radius 1 is 1.00 bits per heavy atom. The molecule has 1 aliphatic heterocycles. The highest BCUT2D eigenvalue weighted by Gasteiger charge is 2.29. The van der Waals surface area contributed by atoms with Gasteiger partial charge in [0, 0.05) is 6.20 Å². The minimum atomic E-state index is -0.758. The highest BCUT2D eigenvalue weighted by molar-refractivity contribution is 6.07. The lowest BCUT2D eigenvalue weighted by Gasteiger charge is -2.24. The van der Waals surface area contributed by atoms with Crippen LogP contribution in [0.5, 0.6) is 0 Å². The third-order valence-corrected chi connectivity index (χ3v) is 3.32. The Kier molecular flexibility index (Phi) is 5.16. The van der Waals surface area contributed by atoms with Crippen molar-refractivity contribution in [2.45, 2.75) is 0 Å². The Morgan fingerprint density at radius 2 is 1.67 bits per heavy atom. The van der Waals surface area contributed by atoms with E-state index in [9.17, 15) is 14.4 Å². The van der Waals surface area contributed by atoms with Crippen molar-refractivity contribution in [1.29, 1.82) is 0 Å². The van der Waals surface area contributed by atoms with E-state index >= 15 is 0 Å². The van der Waals surface area contributed by atoms with Gasteiger partial charge in [-0.3, -0.25) is 4.79 Å². The third kappa shape index (κ3) is 3.19. The smallest absolute Gasteiger partial charge is 0.355 e. The fraction of sp³-hybridized carbons (Fsp3) is 0.118. The van der Waals surface area contributed by atoms with Crippen molar-refractivity contribution in [2.75, 3.05) is 19.1 Å². The summed E-state index contributed by atoms with van der Waals surface area (Å²) in [7, 11) is 2.40. The Morgan fingerprint density at radius 3 is 2.29 bits per heavy atom. The minimum absolute atomic E-state index is 0.00590. The van der Waals surface area contributed by atoms with Crippen LogP contribution in [0.3, 0.4) is 0 Å². The number of carbonyl (C=O) groups is 3. The predicted molar refractivity (Wildman–Crippen MR) is 86.8 cm³/mol. The van der Waals surface area contributed by atoms with E-state index in [-0.39, 0.29) is 16.8 Å². The summed E-state index contributed by atoms with van der Waals surface area (Å²) in [6.07, 6.45) is 6.14. The first-order valence-corrected chi connectivity index (χ1v) is 6.95. The van der Waals surface area contributed by atoms with E-state index in [1.807, 2.05) is 0 Å². The van der Waals surface area contributed by atoms with Crippen molar-refractivity contribution < 1.29 is 23.9 Å². The first-order chi connectivity index (χ1) is 11.5. The van der Waals surface area contributed by atoms with Crippen molar-refractivity contribution >= 4 is 23.5 Å². The molecule has 1 heterocycles. The molecular formula is C17H16N2O5. The molecule has 1 aromatic rings. The first kappa shape index (κ1) is 17.0. The van der Waals surface area contributed by atoms with Gasteiger partial charge in [-0.25, -0.2) is 9.59 Å². The van der Waals surface area contributed by atoms with Gasteiger partial charge in [0.25, 0.3) is 5.91 Å². The maximum absolute atomic E-state index is 12.3. The van der Waals surface area contributed by atoms with E-state index in [4.69, 9.17) is 15.2 Å². The topological polar surface area (TPSA) is 98.9 Å². The van der Waals surface area contributed by atoms with Gasteiger partial charge < -0.3 is 20.1 Å². The summed E-state index contributed by atoms with van der Waals surface area (Å²) in [5, 5.41) is 0. The number of nitrogens with zero attached hydrogens (tertiary/aromatic N) is 1. The average molecular weight is 328 g/mol. The zero-order valence-corrected chi connectivity index (χ0v) is 13.2. The molecule has 0 unspecified atom stereocenters. The van der Waals surface area contributed by atoms with Crippen LogP contribution in [0.2, 0.25) is 0 Å². The largest absolute Gasteiger partial charge is 0.465 e. The van der Waals surface area contributed by atoms with Gasteiger partial charge in [-0.1, -0.05) is 18.2 Å². The molecule has 0 spiro atoms. The fourth-order valence-corrected chi connectivity index (χ4v) is 2.24. The van der Waals surface area contributed by atoms with Gasteiger partial charge in [-0.15, -0.1) is 0 Å². The van der Waals surface area contributed by atoms with E-state index in [0.717, 1.165) is 0 Å². The van der Waals surface area contributed by atoms with Crippen molar-refractivity contribution in [2.24, 2.45) is 5.73 Å². The first-order valence-electron chi connectivity index (χ1n) is 6.95. The summed E-state index contributed by atoms with van der Waals surface area (Å²) in [6.45, 7) is 0. The number of benzene rings is 1. The third-order valence-electron chi connectivity index (χ3n) is 3.32. The number of primary amides is 1. The molecule has 124 valence electrons. The summed E-state index contributed by atoms with van der Waals surface area (Å²) >= 11 is 0. The molecule has 2 rings (SSSR count). The fourth-order valence-electron chi connectivity index (χ4n) is 2.24. The van der Waals surface area contributed by atoms with E-state index in [0.29, 0.717) is 5.69 Å². The molecule has 7 nitrogen and oxygen atoms in total. The lowest BCUT2D eigenvalue weighted by Crippen LogP contribution is -2.28. The zero-order chi connectivity index (χ0) is 17.7. The summed E-state index contributed by atoms with van der Waals surface area (Å²) in [6, 6.07) is 6.46. The number of nitrogens with two attached hydrogens (primary N) is 1. The van der Waals surface area contributed by atoms with E-state index in [1.54, 1.807) is 30.4 Å². The Labute approximate surface area is 138 Å². The number of anilines is 1. The number of esters is 2. The van der Waals surface area contributed by atoms with Crippen LogP contribution in [-0.4, -0.2) is 32.1 Å². The summed E-state index contributed by atoms with van der Waals surface area (Å²) in [5.74, 6) is -2.14. The standard InChI is InChI=1S/C17H16N2O5/c1-23-16(21)12-8-5-6-10-19(14(12)17(22)24-2)13-9-4-3-7-11(13)15(18)20/h3-10H,1-2H3,(H2,18,20). The quantitative estimate of drug-likeness (QED) is 0.836. The van der Waals surface area contributed by atoms with Crippen molar-refractivity contribution in [3.8, 4) is 0 Å². The molecule has 0 aliphatic carbocycles. The maximum atomic E-state index is 12.3. The van der Waals surface area contributed by atoms with Crippen LogP contribution in [0.25, 0.3) is 0 Å². The molecule has 1 aliphatic rings. The molecule has 0 radical (unpaired) electrons. The second-order valence-corrected chi connectivity index (χ2v) is 4.70. The zero-order valence-electron chi connectivity index (χ0n) is 13.2. The van der Waals surface area contributed by atoms with Crippen molar-refractivity contribution in [3.05, 3.63) is 65.5 Å². The van der Waals surface area contributed by atoms with Crippen LogP contribution in [0, 0.1) is 0 Å². The monoisotopic (exact) mass is 328 g/mol. The molecule has 0 fully saturated rings. The minimum Gasteiger partial charge on any atom is -0.465 e.